The molecule has 3 rings (SSSR count). The summed E-state index contributed by atoms with van der Waals surface area (Å²) in [4.78, 5) is 12.7. The number of anilines is 1. The Morgan fingerprint density at radius 1 is 1.11 bits per heavy atom. The van der Waals surface area contributed by atoms with Gasteiger partial charge in [0.05, 0.1) is 28.9 Å². The lowest BCUT2D eigenvalue weighted by atomic mass is 10.1. The van der Waals surface area contributed by atoms with Crippen LogP contribution in [0, 0.1) is 6.92 Å². The van der Waals surface area contributed by atoms with Crippen molar-refractivity contribution in [1.82, 2.24) is 9.78 Å². The largest absolute Gasteiger partial charge is 0.322 e. The highest BCUT2D eigenvalue weighted by Crippen LogP contribution is 2.19. The summed E-state index contributed by atoms with van der Waals surface area (Å²) in [6, 6.07) is 14.5. The molecular weight excluding hydrogens is 376 g/mol. The molecule has 1 aromatic heterocycles. The smallest absolute Gasteiger partial charge is 0.259 e. The highest BCUT2D eigenvalue weighted by molar-refractivity contribution is 7.88. The minimum Gasteiger partial charge on any atom is -0.322 e. The minimum absolute atomic E-state index is 0.246. The van der Waals surface area contributed by atoms with Gasteiger partial charge >= 0.3 is 0 Å². The highest BCUT2D eigenvalue weighted by Gasteiger charge is 2.17. The summed E-state index contributed by atoms with van der Waals surface area (Å²) < 4.78 is 24.1. The van der Waals surface area contributed by atoms with Crippen LogP contribution in [0.25, 0.3) is 5.69 Å². The van der Waals surface area contributed by atoms with E-state index in [0.29, 0.717) is 23.2 Å². The maximum Gasteiger partial charge on any atom is 0.259 e. The second-order valence-corrected chi connectivity index (χ2v) is 8.18. The van der Waals surface area contributed by atoms with Crippen LogP contribution in [0.1, 0.15) is 34.1 Å². The number of nitrogens with two attached hydrogens (primary N) is 1. The van der Waals surface area contributed by atoms with Crippen LogP contribution in [0.2, 0.25) is 0 Å². The van der Waals surface area contributed by atoms with Gasteiger partial charge in [-0.25, -0.2) is 18.2 Å². The van der Waals surface area contributed by atoms with Gasteiger partial charge in [-0.05, 0) is 43.2 Å². The first kappa shape index (κ1) is 19.8. The van der Waals surface area contributed by atoms with Crippen LogP contribution in [0.15, 0.2) is 54.7 Å². The maximum absolute atomic E-state index is 12.7. The molecule has 0 aliphatic rings. The Kier molecular flexibility index (Phi) is 5.62. The number of rotatable bonds is 6. The van der Waals surface area contributed by atoms with Gasteiger partial charge in [0.15, 0.2) is 0 Å². The standard InChI is InChI=1S/C20H22N4O3S/c1-3-19-18(12-22-24(19)17-10-4-14(2)5-11-17)20(25)23-16-8-6-15(7-9-16)13-28(21,26)27/h4-12H,3,13H2,1-2H3,(H,23,25)(H2,21,26,27). The molecule has 0 saturated heterocycles. The number of hydrogen-bond acceptors (Lipinski definition) is 4. The Morgan fingerprint density at radius 2 is 1.75 bits per heavy atom. The van der Waals surface area contributed by atoms with E-state index in [1.54, 1.807) is 35.1 Å². The average Bonchev–Trinajstić information content (AvgIpc) is 3.07. The summed E-state index contributed by atoms with van der Waals surface area (Å²) >= 11 is 0. The lowest BCUT2D eigenvalue weighted by molar-refractivity contribution is 0.102. The summed E-state index contributed by atoms with van der Waals surface area (Å²) in [5.41, 5.74) is 4.48. The molecule has 1 heterocycles. The Bertz CT molecular complexity index is 1090. The molecule has 3 N–H and O–H groups in total. The number of primary sulfonamides is 1. The molecule has 1 amide bonds. The molecule has 2 aromatic carbocycles. The van der Waals surface area contributed by atoms with Gasteiger partial charge in [0.25, 0.3) is 5.91 Å². The minimum atomic E-state index is -3.59. The summed E-state index contributed by atoms with van der Waals surface area (Å²) in [5, 5.41) is 12.2. The molecule has 146 valence electrons. The molecule has 0 saturated carbocycles. The Balaban J connectivity index is 1.80. The van der Waals surface area contributed by atoms with Crippen molar-refractivity contribution in [3.63, 3.8) is 0 Å². The Morgan fingerprint density at radius 3 is 2.32 bits per heavy atom. The molecular formula is C20H22N4O3S. The van der Waals surface area contributed by atoms with E-state index in [9.17, 15) is 13.2 Å². The van der Waals surface area contributed by atoms with Crippen LogP contribution in [0.3, 0.4) is 0 Å². The first-order valence-corrected chi connectivity index (χ1v) is 10.5. The Hall–Kier alpha value is -2.97. The lowest BCUT2D eigenvalue weighted by Gasteiger charge is -2.09. The second-order valence-electron chi connectivity index (χ2n) is 6.56. The van der Waals surface area contributed by atoms with Gasteiger partial charge in [0.2, 0.25) is 10.0 Å². The molecule has 8 heteroatoms. The van der Waals surface area contributed by atoms with Crippen LogP contribution in [0.4, 0.5) is 5.69 Å². The monoisotopic (exact) mass is 398 g/mol. The third-order valence-corrected chi connectivity index (χ3v) is 5.04. The van der Waals surface area contributed by atoms with Gasteiger partial charge in [-0.3, -0.25) is 4.79 Å². The molecule has 0 radical (unpaired) electrons. The van der Waals surface area contributed by atoms with Crippen molar-refractivity contribution < 1.29 is 13.2 Å². The molecule has 7 nitrogen and oxygen atoms in total. The first-order chi connectivity index (χ1) is 13.3. The number of aryl methyl sites for hydroxylation is 1. The fourth-order valence-corrected chi connectivity index (χ4v) is 3.58. The zero-order valence-electron chi connectivity index (χ0n) is 15.7. The molecule has 0 aliphatic heterocycles. The normalized spacial score (nSPS) is 11.4. The quantitative estimate of drug-likeness (QED) is 0.666. The molecule has 0 bridgehead atoms. The van der Waals surface area contributed by atoms with Crippen molar-refractivity contribution in [3.8, 4) is 5.69 Å². The number of hydrogen-bond donors (Lipinski definition) is 2. The highest BCUT2D eigenvalue weighted by atomic mass is 32.2. The van der Waals surface area contributed by atoms with Crippen LogP contribution in [-0.2, 0) is 22.2 Å². The molecule has 28 heavy (non-hydrogen) atoms. The predicted molar refractivity (Wildman–Crippen MR) is 109 cm³/mol. The lowest BCUT2D eigenvalue weighted by Crippen LogP contribution is -2.15. The van der Waals surface area contributed by atoms with Crippen molar-refractivity contribution in [1.29, 1.82) is 0 Å². The summed E-state index contributed by atoms with van der Waals surface area (Å²) in [5.74, 6) is -0.515. The molecule has 0 atom stereocenters. The Labute approximate surface area is 164 Å². The van der Waals surface area contributed by atoms with Gasteiger partial charge < -0.3 is 5.32 Å². The van der Waals surface area contributed by atoms with E-state index in [4.69, 9.17) is 5.14 Å². The van der Waals surface area contributed by atoms with Gasteiger partial charge in [-0.1, -0.05) is 36.8 Å². The fourth-order valence-electron chi connectivity index (χ4n) is 2.93. The number of sulfonamides is 1. The first-order valence-electron chi connectivity index (χ1n) is 8.81. The van der Waals surface area contributed by atoms with Crippen LogP contribution < -0.4 is 10.5 Å². The number of benzene rings is 2. The van der Waals surface area contributed by atoms with E-state index >= 15 is 0 Å². The molecule has 3 aromatic rings. The van der Waals surface area contributed by atoms with Crippen LogP contribution in [0.5, 0.6) is 0 Å². The van der Waals surface area contributed by atoms with E-state index in [1.807, 2.05) is 38.1 Å². The van der Waals surface area contributed by atoms with Crippen molar-refractivity contribution >= 4 is 21.6 Å². The number of carbonyl (C=O) groups excluding carboxylic acids is 1. The summed E-state index contributed by atoms with van der Waals surface area (Å²) in [6.07, 6.45) is 2.20. The predicted octanol–water partition coefficient (Wildman–Crippen LogP) is 2.78. The van der Waals surface area contributed by atoms with E-state index in [2.05, 4.69) is 10.4 Å². The number of amides is 1. The van der Waals surface area contributed by atoms with Gasteiger partial charge in [-0.2, -0.15) is 5.10 Å². The van der Waals surface area contributed by atoms with E-state index < -0.39 is 10.0 Å². The van der Waals surface area contributed by atoms with Crippen molar-refractivity contribution in [2.45, 2.75) is 26.0 Å². The van der Waals surface area contributed by atoms with E-state index in [0.717, 1.165) is 16.9 Å². The fraction of sp³-hybridized carbons (Fsp3) is 0.200. The molecule has 0 aliphatic carbocycles. The van der Waals surface area contributed by atoms with E-state index in [-0.39, 0.29) is 11.7 Å². The van der Waals surface area contributed by atoms with Crippen molar-refractivity contribution in [2.24, 2.45) is 5.14 Å². The van der Waals surface area contributed by atoms with E-state index in [1.165, 1.54) is 0 Å². The number of carbonyl (C=O) groups is 1. The molecule has 0 unspecified atom stereocenters. The maximum atomic E-state index is 12.7. The third kappa shape index (κ3) is 4.65. The van der Waals surface area contributed by atoms with Gasteiger partial charge in [0.1, 0.15) is 0 Å². The zero-order valence-corrected chi connectivity index (χ0v) is 16.5. The van der Waals surface area contributed by atoms with Gasteiger partial charge in [0, 0.05) is 5.69 Å². The third-order valence-electron chi connectivity index (χ3n) is 4.31. The topological polar surface area (TPSA) is 107 Å². The van der Waals surface area contributed by atoms with Gasteiger partial charge in [-0.15, -0.1) is 0 Å². The van der Waals surface area contributed by atoms with Crippen molar-refractivity contribution in [2.75, 3.05) is 5.32 Å². The van der Waals surface area contributed by atoms with Crippen molar-refractivity contribution in [3.05, 3.63) is 77.1 Å². The number of nitrogens with zero attached hydrogens (tertiary/aromatic N) is 2. The number of nitrogens with one attached hydrogen (secondary N) is 1. The SMILES string of the molecule is CCc1c(C(=O)Nc2ccc(CS(N)(=O)=O)cc2)cnn1-c1ccc(C)cc1. The average molecular weight is 398 g/mol. The van der Waals surface area contributed by atoms with Crippen LogP contribution in [-0.4, -0.2) is 24.1 Å². The van der Waals surface area contributed by atoms with Crippen LogP contribution >= 0.6 is 0 Å². The summed E-state index contributed by atoms with van der Waals surface area (Å²) in [7, 11) is -3.59. The zero-order chi connectivity index (χ0) is 20.3. The number of aromatic nitrogens is 2. The molecule has 0 fully saturated rings. The summed E-state index contributed by atoms with van der Waals surface area (Å²) in [6.45, 7) is 3.99. The second kappa shape index (κ2) is 7.95. The molecule has 0 spiro atoms.